The van der Waals surface area contributed by atoms with Crippen molar-refractivity contribution in [3.8, 4) is 11.1 Å². The first kappa shape index (κ1) is 26.3. The maximum Gasteiger partial charge on any atom is 0.422 e. The number of piperazine rings is 1. The monoisotopic (exact) mass is 529 g/mol. The normalized spacial score (nSPS) is 17.9. The van der Waals surface area contributed by atoms with Crippen molar-refractivity contribution in [2.24, 2.45) is 0 Å². The molecule has 2 aromatic heterocycles. The highest BCUT2D eigenvalue weighted by Crippen LogP contribution is 2.32. The maximum absolute atomic E-state index is 12.4. The van der Waals surface area contributed by atoms with Gasteiger partial charge in [0.2, 0.25) is 0 Å². The predicted molar refractivity (Wildman–Crippen MR) is 141 cm³/mol. The van der Waals surface area contributed by atoms with Crippen LogP contribution in [-0.2, 0) is 4.74 Å². The van der Waals surface area contributed by atoms with Gasteiger partial charge in [0.25, 0.3) is 0 Å². The van der Waals surface area contributed by atoms with Gasteiger partial charge in [-0.1, -0.05) is 24.3 Å². The lowest BCUT2D eigenvalue weighted by molar-refractivity contribution is -0.162. The van der Waals surface area contributed by atoms with Crippen molar-refractivity contribution in [3.05, 3.63) is 54.4 Å². The Hall–Kier alpha value is -3.27. The van der Waals surface area contributed by atoms with Crippen LogP contribution < -0.4 is 4.90 Å². The highest BCUT2D eigenvalue weighted by Gasteiger charge is 2.32. The summed E-state index contributed by atoms with van der Waals surface area (Å²) in [7, 11) is 0. The van der Waals surface area contributed by atoms with Crippen LogP contribution in [0.4, 0.5) is 23.7 Å². The first-order valence-electron chi connectivity index (χ1n) is 13.2. The number of carbonyl (C=O) groups excluding carboxylic acids is 1. The molecule has 5 rings (SSSR count). The molecule has 1 aromatic carbocycles. The van der Waals surface area contributed by atoms with Crippen molar-refractivity contribution in [3.63, 3.8) is 0 Å². The number of alkyl halides is 3. The van der Waals surface area contributed by atoms with E-state index in [-0.39, 0.29) is 13.1 Å². The number of amides is 1. The van der Waals surface area contributed by atoms with Crippen molar-refractivity contribution in [2.45, 2.75) is 44.8 Å². The number of carbonyl (C=O) groups is 1. The summed E-state index contributed by atoms with van der Waals surface area (Å²) in [6, 6.07) is 13.5. The van der Waals surface area contributed by atoms with Crippen molar-refractivity contribution < 1.29 is 22.7 Å². The Morgan fingerprint density at radius 2 is 1.68 bits per heavy atom. The topological polar surface area (TPSA) is 53.3 Å². The molecule has 0 aliphatic carbocycles. The minimum atomic E-state index is -4.53. The Kier molecular flexibility index (Phi) is 7.52. The molecular formula is C28H34F3N5O2. The van der Waals surface area contributed by atoms with Gasteiger partial charge in [-0.25, -0.2) is 9.31 Å². The molecule has 7 nitrogen and oxygen atoms in total. The Bertz CT molecular complexity index is 1240. The van der Waals surface area contributed by atoms with E-state index in [2.05, 4.69) is 63.8 Å². The zero-order valence-corrected chi connectivity index (χ0v) is 21.8. The number of likely N-dealkylation sites (tertiary alicyclic amines) is 1. The number of aromatic nitrogens is 2. The van der Waals surface area contributed by atoms with E-state index in [1.807, 2.05) is 16.8 Å². The van der Waals surface area contributed by atoms with Crippen molar-refractivity contribution >= 4 is 17.3 Å². The SMILES string of the molecule is CC(C)N1CCC(c2ccc(-c3cc4c(N5CCN(C(=O)OCC(F)(F)F)CC5)ccnn4c3)cc2)CC1. The van der Waals surface area contributed by atoms with Crippen LogP contribution in [-0.4, -0.2) is 83.6 Å². The molecule has 204 valence electrons. The minimum Gasteiger partial charge on any atom is -0.440 e. The second kappa shape index (κ2) is 10.8. The molecule has 2 aliphatic rings. The van der Waals surface area contributed by atoms with Crippen LogP contribution in [0.3, 0.4) is 0 Å². The number of rotatable bonds is 5. The number of benzene rings is 1. The second-order valence-corrected chi connectivity index (χ2v) is 10.4. The minimum absolute atomic E-state index is 0.288. The van der Waals surface area contributed by atoms with Crippen molar-refractivity contribution in [1.29, 1.82) is 0 Å². The summed E-state index contributed by atoms with van der Waals surface area (Å²) in [5.41, 5.74) is 5.51. The number of piperidine rings is 1. The highest BCUT2D eigenvalue weighted by molar-refractivity contribution is 5.80. The van der Waals surface area contributed by atoms with Gasteiger partial charge >= 0.3 is 12.3 Å². The molecular weight excluding hydrogens is 495 g/mol. The van der Waals surface area contributed by atoms with Gasteiger partial charge in [0, 0.05) is 50.2 Å². The van der Waals surface area contributed by atoms with Gasteiger partial charge in [0.1, 0.15) is 0 Å². The van der Waals surface area contributed by atoms with E-state index in [0.29, 0.717) is 25.0 Å². The van der Waals surface area contributed by atoms with Crippen LogP contribution in [0.5, 0.6) is 0 Å². The Morgan fingerprint density at radius 1 is 1.00 bits per heavy atom. The third kappa shape index (κ3) is 5.90. The molecule has 0 radical (unpaired) electrons. The summed E-state index contributed by atoms with van der Waals surface area (Å²) in [6.07, 6.45) is 0.671. The molecule has 1 amide bonds. The summed E-state index contributed by atoms with van der Waals surface area (Å²) in [4.78, 5) is 18.0. The number of ether oxygens (including phenoxy) is 1. The lowest BCUT2D eigenvalue weighted by atomic mass is 9.88. The summed E-state index contributed by atoms with van der Waals surface area (Å²) in [5, 5.41) is 4.48. The van der Waals surface area contributed by atoms with Gasteiger partial charge in [-0.3, -0.25) is 0 Å². The second-order valence-electron chi connectivity index (χ2n) is 10.4. The number of hydrogen-bond donors (Lipinski definition) is 0. The number of fused-ring (bicyclic) bond motifs is 1. The fourth-order valence-electron chi connectivity index (χ4n) is 5.49. The van der Waals surface area contributed by atoms with E-state index >= 15 is 0 Å². The summed E-state index contributed by atoms with van der Waals surface area (Å²) < 4.78 is 43.4. The van der Waals surface area contributed by atoms with E-state index < -0.39 is 18.9 Å². The van der Waals surface area contributed by atoms with Crippen LogP contribution in [0.25, 0.3) is 16.6 Å². The largest absolute Gasteiger partial charge is 0.440 e. The van der Waals surface area contributed by atoms with E-state index in [0.717, 1.165) is 35.4 Å². The molecule has 0 unspecified atom stereocenters. The fraction of sp³-hybridized carbons (Fsp3) is 0.500. The van der Waals surface area contributed by atoms with Crippen LogP contribution in [0, 0.1) is 0 Å². The standard InChI is InChI=1S/C28H34F3N5O2/c1-20(2)33-11-8-23(9-12-33)21-3-5-22(6-4-21)24-17-26-25(7-10-32-36(26)18-24)34-13-15-35(16-14-34)27(37)38-19-28(29,30)31/h3-7,10,17-18,20,23H,8-9,11-16,19H2,1-2H3. The first-order chi connectivity index (χ1) is 18.2. The van der Waals surface area contributed by atoms with Crippen molar-refractivity contribution in [2.75, 3.05) is 50.8 Å². The molecule has 0 N–H and O–H groups in total. The highest BCUT2D eigenvalue weighted by atomic mass is 19.4. The number of anilines is 1. The van der Waals surface area contributed by atoms with Gasteiger partial charge in [-0.2, -0.15) is 18.3 Å². The molecule has 0 atom stereocenters. The maximum atomic E-state index is 12.4. The summed E-state index contributed by atoms with van der Waals surface area (Å²) >= 11 is 0. The molecule has 2 saturated heterocycles. The predicted octanol–water partition coefficient (Wildman–Crippen LogP) is 5.41. The van der Waals surface area contributed by atoms with E-state index in [1.54, 1.807) is 6.20 Å². The van der Waals surface area contributed by atoms with Gasteiger partial charge in [0.15, 0.2) is 6.61 Å². The molecule has 2 fully saturated rings. The van der Waals surface area contributed by atoms with Gasteiger partial charge in [0.05, 0.1) is 11.2 Å². The van der Waals surface area contributed by atoms with E-state index in [9.17, 15) is 18.0 Å². The number of nitrogens with zero attached hydrogens (tertiary/aromatic N) is 5. The van der Waals surface area contributed by atoms with Gasteiger partial charge < -0.3 is 19.4 Å². The van der Waals surface area contributed by atoms with Crippen molar-refractivity contribution in [1.82, 2.24) is 19.4 Å². The quantitative estimate of drug-likeness (QED) is 0.443. The van der Waals surface area contributed by atoms with Crippen LogP contribution >= 0.6 is 0 Å². The van der Waals surface area contributed by atoms with E-state index in [1.165, 1.54) is 23.3 Å². The fourth-order valence-corrected chi connectivity index (χ4v) is 5.49. The zero-order chi connectivity index (χ0) is 26.9. The molecule has 10 heteroatoms. The third-order valence-electron chi connectivity index (χ3n) is 7.70. The molecule has 2 aliphatic heterocycles. The lowest BCUT2D eigenvalue weighted by Crippen LogP contribution is -2.49. The molecule has 0 bridgehead atoms. The van der Waals surface area contributed by atoms with Gasteiger partial charge in [-0.15, -0.1) is 0 Å². The lowest BCUT2D eigenvalue weighted by Gasteiger charge is -2.35. The first-order valence-corrected chi connectivity index (χ1v) is 13.2. The Morgan fingerprint density at radius 3 is 2.32 bits per heavy atom. The van der Waals surface area contributed by atoms with Crippen LogP contribution in [0.1, 0.15) is 38.2 Å². The zero-order valence-electron chi connectivity index (χ0n) is 21.8. The molecule has 0 saturated carbocycles. The summed E-state index contributed by atoms with van der Waals surface area (Å²) in [6.45, 7) is 6.80. The van der Waals surface area contributed by atoms with Crippen LogP contribution in [0.15, 0.2) is 48.8 Å². The smallest absolute Gasteiger partial charge is 0.422 e. The van der Waals surface area contributed by atoms with Gasteiger partial charge in [-0.05, 0) is 69.0 Å². The third-order valence-corrected chi connectivity index (χ3v) is 7.70. The molecule has 38 heavy (non-hydrogen) atoms. The molecule has 0 spiro atoms. The average Bonchev–Trinajstić information content (AvgIpc) is 3.36. The summed E-state index contributed by atoms with van der Waals surface area (Å²) in [5.74, 6) is 0.602. The average molecular weight is 530 g/mol. The van der Waals surface area contributed by atoms with Crippen LogP contribution in [0.2, 0.25) is 0 Å². The molecule has 3 aromatic rings. The Labute approximate surface area is 220 Å². The van der Waals surface area contributed by atoms with E-state index in [4.69, 9.17) is 0 Å². The Balaban J connectivity index is 1.25. The molecule has 4 heterocycles. The number of halogens is 3. The number of hydrogen-bond acceptors (Lipinski definition) is 5.